The summed E-state index contributed by atoms with van der Waals surface area (Å²) in [6.45, 7) is 0. The van der Waals surface area contributed by atoms with Gasteiger partial charge >= 0.3 is 0 Å². The van der Waals surface area contributed by atoms with Crippen LogP contribution in [0.25, 0.3) is 0 Å². The minimum absolute atomic E-state index is 0.146. The number of alkyl halides is 4. The van der Waals surface area contributed by atoms with Crippen LogP contribution in [0.2, 0.25) is 0 Å². The highest BCUT2D eigenvalue weighted by molar-refractivity contribution is 5.66. The molecule has 3 aromatic rings. The molecule has 0 N–H and O–H groups in total. The maximum Gasteiger partial charge on any atom is 0.197 e. The predicted octanol–water partition coefficient (Wildman–Crippen LogP) is 6.94. The molecule has 184 valence electrons. The van der Waals surface area contributed by atoms with Crippen molar-refractivity contribution in [2.75, 3.05) is 0 Å². The first-order chi connectivity index (χ1) is 17.1. The van der Waals surface area contributed by atoms with Gasteiger partial charge in [-0.15, -0.1) is 0 Å². The van der Waals surface area contributed by atoms with E-state index in [1.165, 1.54) is 18.2 Å². The highest BCUT2D eigenvalue weighted by Gasteiger charge is 2.98. The van der Waals surface area contributed by atoms with Gasteiger partial charge in [-0.25, -0.2) is 35.1 Å². The van der Waals surface area contributed by atoms with Gasteiger partial charge in [0.25, 0.3) is 0 Å². The lowest BCUT2D eigenvalue weighted by Crippen LogP contribution is -2.88. The van der Waals surface area contributed by atoms with Crippen molar-refractivity contribution in [2.24, 2.45) is 11.8 Å². The molecule has 3 aromatic carbocycles. The van der Waals surface area contributed by atoms with Crippen LogP contribution in [0.5, 0.6) is 0 Å². The van der Waals surface area contributed by atoms with Crippen molar-refractivity contribution in [3.8, 4) is 0 Å². The Balaban J connectivity index is 1.51. The summed E-state index contributed by atoms with van der Waals surface area (Å²) < 4.78 is 129. The molecule has 36 heavy (non-hydrogen) atoms. The summed E-state index contributed by atoms with van der Waals surface area (Å²) in [5.74, 6) is -15.0. The number of fused-ring (bicyclic) bond motifs is 16. The Hall–Kier alpha value is -2.90. The third-order valence-corrected chi connectivity index (χ3v) is 9.93. The van der Waals surface area contributed by atoms with Gasteiger partial charge in [0.15, 0.2) is 45.9 Å². The molecule has 8 heteroatoms. The molecule has 0 aliphatic heterocycles. The normalized spacial score (nSPS) is 42.1. The van der Waals surface area contributed by atoms with Crippen LogP contribution >= 0.6 is 0 Å². The standard InChI is InChI=1S/C28H16F8/c29-21-19-20(22(30)24(32)23(21)31)26(34)17-13-7-3-1-6-12(13)10-16(17)27(26,35)28(36)18-14-8-4-2-5-11(14)9-15(18)25(19,28)33/h1-8,15-18H,9-10H2/t15-,16+,17-,18+,25-,26-,27-,28-/m1/s1. The third kappa shape index (κ3) is 1.66. The molecule has 0 nitrogen and oxygen atoms in total. The molecule has 2 fully saturated rings. The maximum atomic E-state index is 17.5. The van der Waals surface area contributed by atoms with Crippen molar-refractivity contribution >= 4 is 0 Å². The van der Waals surface area contributed by atoms with Gasteiger partial charge in [-0.1, -0.05) is 48.5 Å². The predicted molar refractivity (Wildman–Crippen MR) is 112 cm³/mol. The summed E-state index contributed by atoms with van der Waals surface area (Å²) >= 11 is 0. The van der Waals surface area contributed by atoms with E-state index in [9.17, 15) is 8.78 Å². The largest absolute Gasteiger partial charge is 0.236 e. The Morgan fingerprint density at radius 2 is 1.00 bits per heavy atom. The monoisotopic (exact) mass is 504 g/mol. The van der Waals surface area contributed by atoms with E-state index in [1.807, 2.05) is 0 Å². The van der Waals surface area contributed by atoms with Crippen LogP contribution in [0, 0.1) is 35.1 Å². The number of hydrogen-bond donors (Lipinski definition) is 0. The fourth-order valence-corrected chi connectivity index (χ4v) is 8.76. The molecule has 5 aliphatic carbocycles. The molecule has 0 spiro atoms. The van der Waals surface area contributed by atoms with E-state index < -0.39 is 80.7 Å². The molecule has 0 heterocycles. The highest BCUT2D eigenvalue weighted by atomic mass is 19.2. The van der Waals surface area contributed by atoms with E-state index in [0.717, 1.165) is 0 Å². The van der Waals surface area contributed by atoms with Crippen LogP contribution in [-0.2, 0) is 24.2 Å². The second kappa shape index (κ2) is 5.81. The van der Waals surface area contributed by atoms with Crippen LogP contribution in [0.15, 0.2) is 48.5 Å². The second-order valence-electron chi connectivity index (χ2n) is 10.8. The molecular weight excluding hydrogens is 488 g/mol. The van der Waals surface area contributed by atoms with Crippen LogP contribution in [-0.4, -0.2) is 11.3 Å². The second-order valence-corrected chi connectivity index (χ2v) is 10.8. The minimum atomic E-state index is -3.67. The number of benzene rings is 3. The minimum Gasteiger partial charge on any atom is -0.236 e. The number of hydrogen-bond acceptors (Lipinski definition) is 0. The van der Waals surface area contributed by atoms with Gasteiger partial charge in [-0.2, -0.15) is 0 Å². The van der Waals surface area contributed by atoms with Gasteiger partial charge in [0.05, 0.1) is 0 Å². The number of halogens is 8. The van der Waals surface area contributed by atoms with Crippen LogP contribution in [0.4, 0.5) is 35.1 Å². The summed E-state index contributed by atoms with van der Waals surface area (Å²) in [6.07, 6.45) is -0.306. The zero-order chi connectivity index (χ0) is 25.2. The number of rotatable bonds is 0. The van der Waals surface area contributed by atoms with Gasteiger partial charge in [-0.3, -0.25) is 0 Å². The zero-order valence-electron chi connectivity index (χ0n) is 18.4. The lowest BCUT2D eigenvalue weighted by atomic mass is 9.31. The molecule has 8 atom stereocenters. The van der Waals surface area contributed by atoms with Crippen LogP contribution in [0.3, 0.4) is 0 Å². The summed E-state index contributed by atoms with van der Waals surface area (Å²) in [5.41, 5.74) is -16.2. The van der Waals surface area contributed by atoms with E-state index in [4.69, 9.17) is 0 Å². The summed E-state index contributed by atoms with van der Waals surface area (Å²) in [7, 11) is 0. The van der Waals surface area contributed by atoms with Crippen molar-refractivity contribution in [2.45, 2.75) is 47.4 Å². The lowest BCUT2D eigenvalue weighted by molar-refractivity contribution is -0.367. The third-order valence-electron chi connectivity index (χ3n) is 9.93. The molecule has 5 aliphatic rings. The SMILES string of the molecule is Fc1c(F)c(F)c2c(c1F)[C@]1(F)[C@@H]3Cc4ccccc4[C@@H]3[C@]1(F)[C@@]1(F)[C@H]3Cc4ccccc4[C@H]3[C@@]21F. The average molecular weight is 504 g/mol. The van der Waals surface area contributed by atoms with Crippen molar-refractivity contribution in [1.29, 1.82) is 0 Å². The highest BCUT2D eigenvalue weighted by Crippen LogP contribution is 2.88. The smallest absolute Gasteiger partial charge is 0.197 e. The van der Waals surface area contributed by atoms with Gasteiger partial charge in [-0.05, 0) is 35.1 Å². The summed E-state index contributed by atoms with van der Waals surface area (Å²) in [4.78, 5) is 0. The van der Waals surface area contributed by atoms with E-state index in [1.54, 1.807) is 30.3 Å². The molecule has 8 rings (SSSR count). The van der Waals surface area contributed by atoms with Gasteiger partial charge in [0.2, 0.25) is 0 Å². The average Bonchev–Trinajstić information content (AvgIpc) is 3.44. The summed E-state index contributed by atoms with van der Waals surface area (Å²) in [6, 6.07) is 12.4. The molecule has 0 bridgehead atoms. The molecular formula is C28H16F8. The van der Waals surface area contributed by atoms with Crippen molar-refractivity contribution in [3.63, 3.8) is 0 Å². The topological polar surface area (TPSA) is 0 Å². The Labute approximate surface area is 199 Å². The van der Waals surface area contributed by atoms with Gasteiger partial charge in [0, 0.05) is 34.8 Å². The lowest BCUT2D eigenvalue weighted by Gasteiger charge is -2.75. The van der Waals surface area contributed by atoms with Crippen molar-refractivity contribution in [1.82, 2.24) is 0 Å². The first-order valence-corrected chi connectivity index (χ1v) is 11.8. The molecule has 0 aromatic heterocycles. The quantitative estimate of drug-likeness (QED) is 0.135. The Morgan fingerprint density at radius 3 is 1.58 bits per heavy atom. The van der Waals surface area contributed by atoms with Crippen LogP contribution < -0.4 is 0 Å². The van der Waals surface area contributed by atoms with Crippen LogP contribution in [0.1, 0.15) is 45.2 Å². The van der Waals surface area contributed by atoms with E-state index >= 15 is 26.3 Å². The molecule has 0 radical (unpaired) electrons. The van der Waals surface area contributed by atoms with E-state index in [0.29, 0.717) is 11.1 Å². The van der Waals surface area contributed by atoms with Gasteiger partial charge < -0.3 is 0 Å². The maximum absolute atomic E-state index is 17.5. The fourth-order valence-electron chi connectivity index (χ4n) is 8.76. The first kappa shape index (κ1) is 21.2. The summed E-state index contributed by atoms with van der Waals surface area (Å²) in [5, 5.41) is 0. The van der Waals surface area contributed by atoms with E-state index in [2.05, 4.69) is 0 Å². The first-order valence-electron chi connectivity index (χ1n) is 11.8. The Morgan fingerprint density at radius 1 is 0.528 bits per heavy atom. The van der Waals surface area contributed by atoms with Gasteiger partial charge in [0.1, 0.15) is 0 Å². The molecule has 0 saturated heterocycles. The fraction of sp³-hybridized carbons (Fsp3) is 0.357. The molecule has 0 amide bonds. The Bertz CT molecular complexity index is 1550. The van der Waals surface area contributed by atoms with Crippen molar-refractivity contribution in [3.05, 3.63) is 105 Å². The molecule has 2 saturated carbocycles. The van der Waals surface area contributed by atoms with Crippen molar-refractivity contribution < 1.29 is 35.1 Å². The zero-order valence-corrected chi connectivity index (χ0v) is 18.4. The Kier molecular flexibility index (Phi) is 3.42. The van der Waals surface area contributed by atoms with E-state index in [-0.39, 0.29) is 24.0 Å². The molecule has 0 unspecified atom stereocenters.